The molecule has 0 saturated heterocycles. The molecule has 0 aliphatic rings. The molecule has 0 aromatic heterocycles. The van der Waals surface area contributed by atoms with Gasteiger partial charge in [0.25, 0.3) is 0 Å². The molecule has 59 heavy (non-hydrogen) atoms. The van der Waals surface area contributed by atoms with Crippen LogP contribution in [0.2, 0.25) is 0 Å². The molecule has 0 aromatic rings. The lowest BCUT2D eigenvalue weighted by atomic mass is 10.0. The highest BCUT2D eigenvalue weighted by Crippen LogP contribution is 2.15. The van der Waals surface area contributed by atoms with Gasteiger partial charge in [0.15, 0.2) is 0 Å². The highest BCUT2D eigenvalue weighted by Gasteiger charge is 2.20. The second-order valence-corrected chi connectivity index (χ2v) is 17.1. The molecule has 3 N–H and O–H groups in total. The Hall–Kier alpha value is -2.18. The van der Waals surface area contributed by atoms with E-state index in [1.54, 1.807) is 0 Å². The Morgan fingerprint density at radius 3 is 1.34 bits per heavy atom. The number of carbonyl (C=O) groups excluding carboxylic acids is 2. The molecule has 0 rings (SSSR count). The van der Waals surface area contributed by atoms with Crippen LogP contribution in [0, 0.1) is 0 Å². The highest BCUT2D eigenvalue weighted by atomic mass is 16.5. The van der Waals surface area contributed by atoms with Crippen molar-refractivity contribution in [2.45, 2.75) is 264 Å². The van der Waals surface area contributed by atoms with Crippen molar-refractivity contribution in [2.24, 2.45) is 0 Å². The fourth-order valence-electron chi connectivity index (χ4n) is 7.39. The summed E-state index contributed by atoms with van der Waals surface area (Å²) < 4.78 is 5.43. The maximum absolute atomic E-state index is 12.4. The average molecular weight is 828 g/mol. The first kappa shape index (κ1) is 56.8. The van der Waals surface area contributed by atoms with Crippen molar-refractivity contribution < 1.29 is 24.5 Å². The van der Waals surface area contributed by atoms with E-state index in [1.165, 1.54) is 122 Å². The zero-order chi connectivity index (χ0) is 43.0. The third-order valence-corrected chi connectivity index (χ3v) is 11.4. The molecule has 6 heteroatoms. The summed E-state index contributed by atoms with van der Waals surface area (Å²) in [5.41, 5.74) is 0. The van der Waals surface area contributed by atoms with Crippen LogP contribution in [0.4, 0.5) is 0 Å². The number of ether oxygens (including phenoxy) is 1. The fourth-order valence-corrected chi connectivity index (χ4v) is 7.39. The number of carbonyl (C=O) groups is 2. The van der Waals surface area contributed by atoms with Gasteiger partial charge in [-0.2, -0.15) is 0 Å². The molecule has 344 valence electrons. The number of nitrogens with one attached hydrogen (secondary N) is 1. The van der Waals surface area contributed by atoms with E-state index < -0.39 is 12.1 Å². The normalized spacial score (nSPS) is 13.1. The first-order chi connectivity index (χ1) is 29.0. The minimum absolute atomic E-state index is 0.0311. The number of hydrogen-bond donors (Lipinski definition) is 3. The zero-order valence-corrected chi connectivity index (χ0v) is 39.0. The molecular formula is C53H97NO5. The Morgan fingerprint density at radius 1 is 0.475 bits per heavy atom. The van der Waals surface area contributed by atoms with Crippen LogP contribution >= 0.6 is 0 Å². The predicted octanol–water partition coefficient (Wildman–Crippen LogP) is 15.1. The van der Waals surface area contributed by atoms with Gasteiger partial charge in [-0.25, -0.2) is 0 Å². The van der Waals surface area contributed by atoms with Crippen molar-refractivity contribution in [3.05, 3.63) is 48.6 Å². The summed E-state index contributed by atoms with van der Waals surface area (Å²) in [6.07, 6.45) is 59.4. The highest BCUT2D eigenvalue weighted by molar-refractivity contribution is 5.76. The Bertz CT molecular complexity index is 1000. The third-order valence-electron chi connectivity index (χ3n) is 11.4. The van der Waals surface area contributed by atoms with Crippen molar-refractivity contribution in [1.29, 1.82) is 0 Å². The molecule has 0 saturated carbocycles. The summed E-state index contributed by atoms with van der Waals surface area (Å²) in [7, 11) is 0. The predicted molar refractivity (Wildman–Crippen MR) is 255 cm³/mol. The molecule has 0 radical (unpaired) electrons. The quantitative estimate of drug-likeness (QED) is 0.0323. The average Bonchev–Trinajstić information content (AvgIpc) is 3.24. The van der Waals surface area contributed by atoms with Crippen LogP contribution in [0.3, 0.4) is 0 Å². The number of unbranched alkanes of at least 4 members (excludes halogenated alkanes) is 27. The summed E-state index contributed by atoms with van der Waals surface area (Å²) in [5, 5.41) is 23.1. The standard InChI is InChI=1S/C53H97NO5/c1-3-5-7-9-11-13-15-16-23-27-31-35-39-43-47-53(58)59-48-44-40-36-32-28-24-21-19-17-18-20-22-26-30-34-38-42-46-52(57)54-50(49-55)51(56)45-41-37-33-29-25-14-12-10-8-6-4-2/h9,11,15-17,19,24,28,50-51,55-56H,3-8,10,12-14,18,20-23,25-27,29-49H2,1-2H3,(H,54,57)/b11-9-,16-15-,19-17-,28-24-. The molecule has 0 aliphatic heterocycles. The van der Waals surface area contributed by atoms with Gasteiger partial charge >= 0.3 is 5.97 Å². The number of hydrogen-bond acceptors (Lipinski definition) is 5. The summed E-state index contributed by atoms with van der Waals surface area (Å²) in [4.78, 5) is 24.4. The Balaban J connectivity index is 3.52. The van der Waals surface area contributed by atoms with Crippen molar-refractivity contribution in [2.75, 3.05) is 13.2 Å². The topological polar surface area (TPSA) is 95.9 Å². The summed E-state index contributed by atoms with van der Waals surface area (Å²) in [6.45, 7) is 4.84. The number of amides is 1. The summed E-state index contributed by atoms with van der Waals surface area (Å²) in [5.74, 6) is -0.0854. The van der Waals surface area contributed by atoms with E-state index in [0.29, 0.717) is 25.9 Å². The van der Waals surface area contributed by atoms with E-state index in [4.69, 9.17) is 4.74 Å². The van der Waals surface area contributed by atoms with Gasteiger partial charge in [-0.3, -0.25) is 9.59 Å². The third kappa shape index (κ3) is 45.2. The SMILES string of the molecule is CCCC/C=C\C/C=C\CCCCCCCC(=O)OCCCCC/C=C\C/C=C\CCCCCCCCCC(=O)NC(CO)C(O)CCCCCCCCCCCCC. The van der Waals surface area contributed by atoms with Gasteiger partial charge in [0, 0.05) is 12.8 Å². The van der Waals surface area contributed by atoms with E-state index in [1.807, 2.05) is 0 Å². The fraction of sp³-hybridized carbons (Fsp3) is 0.811. The zero-order valence-electron chi connectivity index (χ0n) is 39.0. The van der Waals surface area contributed by atoms with E-state index in [0.717, 1.165) is 96.3 Å². The van der Waals surface area contributed by atoms with E-state index >= 15 is 0 Å². The van der Waals surface area contributed by atoms with Gasteiger partial charge in [0.1, 0.15) is 0 Å². The maximum atomic E-state index is 12.4. The molecule has 0 heterocycles. The summed E-state index contributed by atoms with van der Waals surface area (Å²) in [6, 6.07) is -0.553. The van der Waals surface area contributed by atoms with Crippen LogP contribution in [0.5, 0.6) is 0 Å². The van der Waals surface area contributed by atoms with Crippen LogP contribution in [0.1, 0.15) is 251 Å². The first-order valence-corrected chi connectivity index (χ1v) is 25.4. The first-order valence-electron chi connectivity index (χ1n) is 25.4. The van der Waals surface area contributed by atoms with Gasteiger partial charge in [0.05, 0.1) is 25.4 Å². The van der Waals surface area contributed by atoms with Crippen molar-refractivity contribution in [1.82, 2.24) is 5.32 Å². The van der Waals surface area contributed by atoms with Gasteiger partial charge in [-0.05, 0) is 89.9 Å². The van der Waals surface area contributed by atoms with Crippen LogP contribution in [-0.4, -0.2) is 47.4 Å². The molecule has 0 fully saturated rings. The number of aliphatic hydroxyl groups excluding tert-OH is 2. The largest absolute Gasteiger partial charge is 0.466 e. The van der Waals surface area contributed by atoms with Gasteiger partial charge in [-0.1, -0.05) is 197 Å². The van der Waals surface area contributed by atoms with Gasteiger partial charge in [-0.15, -0.1) is 0 Å². The second kappa shape index (κ2) is 48.5. The van der Waals surface area contributed by atoms with E-state index in [2.05, 4.69) is 67.8 Å². The molecular weight excluding hydrogens is 731 g/mol. The van der Waals surface area contributed by atoms with Crippen LogP contribution in [0.15, 0.2) is 48.6 Å². The molecule has 0 spiro atoms. The van der Waals surface area contributed by atoms with Crippen molar-refractivity contribution in [3.8, 4) is 0 Å². The van der Waals surface area contributed by atoms with E-state index in [-0.39, 0.29) is 18.5 Å². The minimum Gasteiger partial charge on any atom is -0.466 e. The second-order valence-electron chi connectivity index (χ2n) is 17.1. The molecule has 2 atom stereocenters. The summed E-state index contributed by atoms with van der Waals surface area (Å²) >= 11 is 0. The van der Waals surface area contributed by atoms with Crippen LogP contribution in [0.25, 0.3) is 0 Å². The molecule has 0 bridgehead atoms. The number of aliphatic hydroxyl groups is 2. The lowest BCUT2D eigenvalue weighted by Crippen LogP contribution is -2.45. The maximum Gasteiger partial charge on any atom is 0.305 e. The minimum atomic E-state index is -0.674. The van der Waals surface area contributed by atoms with Crippen LogP contribution < -0.4 is 5.32 Å². The number of esters is 1. The Morgan fingerprint density at radius 2 is 0.864 bits per heavy atom. The lowest BCUT2D eigenvalue weighted by Gasteiger charge is -2.22. The molecule has 6 nitrogen and oxygen atoms in total. The lowest BCUT2D eigenvalue weighted by molar-refractivity contribution is -0.143. The molecule has 0 aromatic carbocycles. The molecule has 0 aliphatic carbocycles. The Labute approximate surface area is 366 Å². The van der Waals surface area contributed by atoms with E-state index in [9.17, 15) is 19.8 Å². The molecule has 2 unspecified atom stereocenters. The monoisotopic (exact) mass is 828 g/mol. The number of rotatable bonds is 46. The Kier molecular flexibility index (Phi) is 46.7. The van der Waals surface area contributed by atoms with Gasteiger partial charge in [0.2, 0.25) is 5.91 Å². The number of allylic oxidation sites excluding steroid dienone is 8. The smallest absolute Gasteiger partial charge is 0.305 e. The van der Waals surface area contributed by atoms with Crippen molar-refractivity contribution in [3.63, 3.8) is 0 Å². The van der Waals surface area contributed by atoms with Crippen LogP contribution in [-0.2, 0) is 14.3 Å². The molecule has 1 amide bonds. The van der Waals surface area contributed by atoms with Crippen molar-refractivity contribution >= 4 is 11.9 Å². The van der Waals surface area contributed by atoms with Gasteiger partial charge < -0.3 is 20.3 Å².